The molecule has 0 fully saturated rings. The first-order valence-corrected chi connectivity index (χ1v) is 19.7. The van der Waals surface area contributed by atoms with Gasteiger partial charge in [0.15, 0.2) is 0 Å². The highest BCUT2D eigenvalue weighted by Crippen LogP contribution is 2.08. The molecule has 8 heteroatoms. The molecule has 274 valence electrons. The first-order chi connectivity index (χ1) is 24.8. The molecule has 3 aromatic carbocycles. The third-order valence-corrected chi connectivity index (χ3v) is 10.0. The molecule has 0 atom stereocenters. The van der Waals surface area contributed by atoms with Gasteiger partial charge in [-0.2, -0.15) is 0 Å². The molecule has 50 heavy (non-hydrogen) atoms. The minimum Gasteiger partial charge on any atom is -0.313 e. The first kappa shape index (κ1) is 38.6. The molecule has 12 aliphatic rings. The highest BCUT2D eigenvalue weighted by Gasteiger charge is 2.08. The van der Waals surface area contributed by atoms with Crippen LogP contribution in [0.15, 0.2) is 72.8 Å². The van der Waals surface area contributed by atoms with Crippen molar-refractivity contribution in [1.29, 1.82) is 0 Å². The minimum absolute atomic E-state index is 0.935. The molecule has 3 aromatic rings. The fourth-order valence-electron chi connectivity index (χ4n) is 6.96. The first-order valence-electron chi connectivity index (χ1n) is 19.7. The summed E-state index contributed by atoms with van der Waals surface area (Å²) in [6.45, 7) is 18.7. The van der Waals surface area contributed by atoms with Crippen LogP contribution in [0.3, 0.4) is 0 Å². The fraction of sp³-hybridized carbons (Fsp3) is 0.571. The summed E-state index contributed by atoms with van der Waals surface area (Å²) in [7, 11) is 0. The van der Waals surface area contributed by atoms with Gasteiger partial charge in [0, 0.05) is 39.3 Å². The van der Waals surface area contributed by atoms with Crippen LogP contribution in [-0.4, -0.2) is 88.3 Å². The lowest BCUT2D eigenvalue weighted by atomic mass is 10.1. The Morgan fingerprint density at radius 3 is 0.580 bits per heavy atom. The van der Waals surface area contributed by atoms with E-state index in [-0.39, 0.29) is 0 Å². The van der Waals surface area contributed by atoms with E-state index in [9.17, 15) is 0 Å². The van der Waals surface area contributed by atoms with Gasteiger partial charge in [0.2, 0.25) is 0 Å². The average Bonchev–Trinajstić information content (AvgIpc) is 3.14. The summed E-state index contributed by atoms with van der Waals surface area (Å²) in [5.41, 5.74) is 8.20. The van der Waals surface area contributed by atoms with Gasteiger partial charge in [-0.1, -0.05) is 72.8 Å². The Bertz CT molecular complexity index is 1020. The van der Waals surface area contributed by atoms with Crippen LogP contribution >= 0.6 is 0 Å². The Morgan fingerprint density at radius 1 is 0.260 bits per heavy atom. The van der Waals surface area contributed by atoms with Crippen molar-refractivity contribution < 1.29 is 0 Å². The van der Waals surface area contributed by atoms with Crippen molar-refractivity contribution in [2.24, 2.45) is 0 Å². The lowest BCUT2D eigenvalue weighted by Crippen LogP contribution is -2.32. The number of nitrogens with one attached hydrogen (secondary N) is 6. The van der Waals surface area contributed by atoms with E-state index in [2.05, 4.69) is 114 Å². The number of nitrogens with zero attached hydrogens (tertiary/aromatic N) is 2. The lowest BCUT2D eigenvalue weighted by molar-refractivity contribution is 0.260. The molecule has 15 rings (SSSR count). The summed E-state index contributed by atoms with van der Waals surface area (Å²) < 4.78 is 0. The zero-order valence-electron chi connectivity index (χ0n) is 30.8. The van der Waals surface area contributed by atoms with Crippen LogP contribution in [0.1, 0.15) is 71.9 Å². The Balaban J connectivity index is 1.22. The Kier molecular flexibility index (Phi) is 18.3. The van der Waals surface area contributed by atoms with E-state index in [0.29, 0.717) is 0 Å². The molecule has 0 aromatic heterocycles. The standard InChI is InChI=1S/C42H66N8/c1-19-43-31-37-7-9-38(10-8-37)34-46-22-4-28-50-29-5-23-47-35-41-15-11-39(12-16-41)32-44-20-2-26-49(25-1)27-3-21-45-33-40-13-17-42(18-14-40)36-48-24-6-30-50/h7-18,43-48H,1-6,19-36H2. The van der Waals surface area contributed by atoms with Crippen LogP contribution in [0, 0.1) is 0 Å². The monoisotopic (exact) mass is 683 g/mol. The molecular formula is C42H66N8. The summed E-state index contributed by atoms with van der Waals surface area (Å²) in [5, 5.41) is 22.2. The van der Waals surface area contributed by atoms with Gasteiger partial charge in [-0.3, -0.25) is 0 Å². The van der Waals surface area contributed by atoms with Crippen LogP contribution in [0.25, 0.3) is 0 Å². The molecule has 8 nitrogen and oxygen atoms in total. The van der Waals surface area contributed by atoms with Crippen molar-refractivity contribution in [2.45, 2.75) is 77.8 Å². The smallest absolute Gasteiger partial charge is 0.0205 e. The van der Waals surface area contributed by atoms with E-state index >= 15 is 0 Å². The normalized spacial score (nSPS) is 22.8. The maximum atomic E-state index is 3.70. The summed E-state index contributed by atoms with van der Waals surface area (Å²) >= 11 is 0. The second-order valence-electron chi connectivity index (χ2n) is 14.3. The van der Waals surface area contributed by atoms with Gasteiger partial charge >= 0.3 is 0 Å². The van der Waals surface area contributed by atoms with Gasteiger partial charge < -0.3 is 41.7 Å². The summed E-state index contributed by atoms with van der Waals surface area (Å²) in [6, 6.07) is 27.5. The molecule has 8 bridgehead atoms. The van der Waals surface area contributed by atoms with Gasteiger partial charge in [-0.25, -0.2) is 0 Å². The zero-order chi connectivity index (χ0) is 34.3. The quantitative estimate of drug-likeness (QED) is 0.206. The largest absolute Gasteiger partial charge is 0.313 e. The molecular weight excluding hydrogens is 617 g/mol. The highest BCUT2D eigenvalue weighted by atomic mass is 15.1. The number of rotatable bonds is 0. The van der Waals surface area contributed by atoms with Crippen molar-refractivity contribution in [2.75, 3.05) is 78.5 Å². The summed E-state index contributed by atoms with van der Waals surface area (Å²) in [4.78, 5) is 5.35. The molecule has 12 heterocycles. The molecule has 0 spiro atoms. The number of hydrogen-bond acceptors (Lipinski definition) is 8. The molecule has 0 saturated heterocycles. The predicted octanol–water partition coefficient (Wildman–Crippen LogP) is 4.60. The molecule has 0 aliphatic carbocycles. The second kappa shape index (κ2) is 23.7. The zero-order valence-corrected chi connectivity index (χ0v) is 30.8. The molecule has 0 unspecified atom stereocenters. The fourth-order valence-corrected chi connectivity index (χ4v) is 6.96. The molecule has 0 radical (unpaired) electrons. The second-order valence-corrected chi connectivity index (χ2v) is 14.3. The van der Waals surface area contributed by atoms with Crippen LogP contribution in [-0.2, 0) is 39.3 Å². The van der Waals surface area contributed by atoms with E-state index in [1.807, 2.05) is 0 Å². The molecule has 12 aliphatic heterocycles. The third kappa shape index (κ3) is 15.7. The van der Waals surface area contributed by atoms with Gasteiger partial charge in [0.1, 0.15) is 0 Å². The van der Waals surface area contributed by atoms with Gasteiger partial charge in [-0.15, -0.1) is 0 Å². The van der Waals surface area contributed by atoms with Gasteiger partial charge in [0.25, 0.3) is 0 Å². The third-order valence-electron chi connectivity index (χ3n) is 10.0. The number of hydrogen-bond donors (Lipinski definition) is 6. The van der Waals surface area contributed by atoms with E-state index < -0.39 is 0 Å². The van der Waals surface area contributed by atoms with Gasteiger partial charge in [0.05, 0.1) is 0 Å². The van der Waals surface area contributed by atoms with Crippen LogP contribution in [0.4, 0.5) is 0 Å². The Morgan fingerprint density at radius 2 is 0.420 bits per heavy atom. The highest BCUT2D eigenvalue weighted by molar-refractivity contribution is 5.24. The van der Waals surface area contributed by atoms with Crippen molar-refractivity contribution in [3.8, 4) is 0 Å². The van der Waals surface area contributed by atoms with Crippen LogP contribution in [0.5, 0.6) is 0 Å². The van der Waals surface area contributed by atoms with Gasteiger partial charge in [-0.05, 0) is 150 Å². The van der Waals surface area contributed by atoms with Crippen molar-refractivity contribution >= 4 is 0 Å². The maximum Gasteiger partial charge on any atom is 0.0205 e. The van der Waals surface area contributed by atoms with Crippen LogP contribution < -0.4 is 31.9 Å². The Labute approximate surface area is 303 Å². The van der Waals surface area contributed by atoms with E-state index in [1.165, 1.54) is 71.9 Å². The SMILES string of the molecule is c1cc2ccc1CNCCCN1CCCNCc3ccc(cc3)CNCCCN(CCCNC2)CCCNCc2ccc(cc2)CNCCC1. The summed E-state index contributed by atoms with van der Waals surface area (Å²) in [5.74, 6) is 0. The molecule has 6 N–H and O–H groups in total. The maximum absolute atomic E-state index is 3.70. The van der Waals surface area contributed by atoms with Crippen molar-refractivity contribution in [1.82, 2.24) is 41.7 Å². The lowest BCUT2D eigenvalue weighted by Gasteiger charge is -2.23. The average molecular weight is 683 g/mol. The van der Waals surface area contributed by atoms with Crippen molar-refractivity contribution in [3.05, 3.63) is 106 Å². The molecule has 0 saturated carbocycles. The van der Waals surface area contributed by atoms with E-state index in [4.69, 9.17) is 0 Å². The minimum atomic E-state index is 0.935. The summed E-state index contributed by atoms with van der Waals surface area (Å²) in [6.07, 6.45) is 7.02. The van der Waals surface area contributed by atoms with E-state index in [0.717, 1.165) is 118 Å². The molecule has 0 amide bonds. The topological polar surface area (TPSA) is 78.7 Å². The predicted molar refractivity (Wildman–Crippen MR) is 210 cm³/mol. The van der Waals surface area contributed by atoms with E-state index in [1.54, 1.807) is 0 Å². The Hall–Kier alpha value is -2.66. The number of benzene rings is 3. The van der Waals surface area contributed by atoms with Crippen molar-refractivity contribution in [3.63, 3.8) is 0 Å². The van der Waals surface area contributed by atoms with Crippen LogP contribution in [0.2, 0.25) is 0 Å².